The first kappa shape index (κ1) is 23.4. The molecule has 0 spiro atoms. The fourth-order valence-corrected chi connectivity index (χ4v) is 8.21. The molecule has 4 aromatic rings. The second kappa shape index (κ2) is 8.96. The molecule has 0 bridgehead atoms. The topological polar surface area (TPSA) is 0 Å². The van der Waals surface area contributed by atoms with Gasteiger partial charge in [-0.05, 0) is 87.5 Å². The minimum Gasteiger partial charge on any atom is -0.135 e. The molecule has 2 atom stereocenters. The standard InChI is InChI=1S/C37H32S/c1-22(2)29-21-27-19-18-23(3)32(26-14-9-6-10-15-26)34(27)36(29)33-24(4)20-30-35-28(25-12-7-5-8-13-25)16-11-17-31(35)38-37(30)33/h5-20,22,29,32H,3,21H2,1-2,4H3. The largest absolute Gasteiger partial charge is 0.135 e. The second-order valence-corrected chi connectivity index (χ2v) is 12.3. The zero-order chi connectivity index (χ0) is 26.0. The van der Waals surface area contributed by atoms with E-state index in [1.54, 1.807) is 5.57 Å². The van der Waals surface area contributed by atoms with Crippen LogP contribution in [0.5, 0.6) is 0 Å². The number of hydrogen-bond acceptors (Lipinski definition) is 1. The summed E-state index contributed by atoms with van der Waals surface area (Å²) in [7, 11) is 0. The summed E-state index contributed by atoms with van der Waals surface area (Å²) in [6.45, 7) is 11.7. The van der Waals surface area contributed by atoms with Crippen LogP contribution in [0.3, 0.4) is 0 Å². The van der Waals surface area contributed by atoms with Crippen molar-refractivity contribution in [3.05, 3.63) is 141 Å². The van der Waals surface area contributed by atoms with Gasteiger partial charge in [-0.25, -0.2) is 0 Å². The van der Waals surface area contributed by atoms with Crippen LogP contribution < -0.4 is 0 Å². The molecule has 0 N–H and O–H groups in total. The predicted molar refractivity (Wildman–Crippen MR) is 165 cm³/mol. The Kier molecular flexibility index (Phi) is 5.53. The molecule has 0 aliphatic heterocycles. The smallest absolute Gasteiger partial charge is 0.0433 e. The van der Waals surface area contributed by atoms with Crippen LogP contribution in [0.4, 0.5) is 0 Å². The Labute approximate surface area is 230 Å². The normalized spacial score (nSPS) is 22.4. The van der Waals surface area contributed by atoms with Gasteiger partial charge in [-0.1, -0.05) is 105 Å². The lowest BCUT2D eigenvalue weighted by atomic mass is 9.75. The number of hydrogen-bond donors (Lipinski definition) is 0. The summed E-state index contributed by atoms with van der Waals surface area (Å²) >= 11 is 1.97. The molecular weight excluding hydrogens is 476 g/mol. The SMILES string of the molecule is C=C1C=CC2=C(C(=C3C(C)=Cc4c3sc3cccc(-c5ccccc5)c43)C(C(C)C)C2)C1c1ccccc1. The van der Waals surface area contributed by atoms with Crippen LogP contribution in [0.1, 0.15) is 49.1 Å². The maximum absolute atomic E-state index is 4.55. The molecule has 0 saturated carbocycles. The molecule has 0 nitrogen and oxygen atoms in total. The second-order valence-electron chi connectivity index (χ2n) is 11.3. The van der Waals surface area contributed by atoms with E-state index >= 15 is 0 Å². The van der Waals surface area contributed by atoms with Gasteiger partial charge in [0.15, 0.2) is 0 Å². The van der Waals surface area contributed by atoms with E-state index in [9.17, 15) is 0 Å². The summed E-state index contributed by atoms with van der Waals surface area (Å²) in [6, 6.07) is 28.6. The highest BCUT2D eigenvalue weighted by Gasteiger charge is 2.41. The first-order chi connectivity index (χ1) is 18.5. The van der Waals surface area contributed by atoms with Crippen molar-refractivity contribution in [3.63, 3.8) is 0 Å². The van der Waals surface area contributed by atoms with Gasteiger partial charge in [-0.15, -0.1) is 11.3 Å². The molecular formula is C37H32S. The molecule has 0 fully saturated rings. The predicted octanol–water partition coefficient (Wildman–Crippen LogP) is 10.6. The van der Waals surface area contributed by atoms with Gasteiger partial charge in [-0.2, -0.15) is 0 Å². The molecule has 7 rings (SSSR count). The van der Waals surface area contributed by atoms with Gasteiger partial charge < -0.3 is 0 Å². The molecule has 3 aromatic carbocycles. The quantitative estimate of drug-likeness (QED) is 0.258. The van der Waals surface area contributed by atoms with Crippen molar-refractivity contribution >= 4 is 33.1 Å². The van der Waals surface area contributed by atoms with Gasteiger partial charge in [0.2, 0.25) is 0 Å². The van der Waals surface area contributed by atoms with E-state index in [4.69, 9.17) is 0 Å². The average molecular weight is 509 g/mol. The van der Waals surface area contributed by atoms with Gasteiger partial charge in [0.1, 0.15) is 0 Å². The highest BCUT2D eigenvalue weighted by molar-refractivity contribution is 7.20. The van der Waals surface area contributed by atoms with E-state index in [2.05, 4.69) is 124 Å². The van der Waals surface area contributed by atoms with Crippen molar-refractivity contribution in [2.24, 2.45) is 11.8 Å². The van der Waals surface area contributed by atoms with Gasteiger partial charge >= 0.3 is 0 Å². The Morgan fingerprint density at radius 2 is 1.58 bits per heavy atom. The summed E-state index contributed by atoms with van der Waals surface area (Å²) in [4.78, 5) is 1.45. The van der Waals surface area contributed by atoms with Crippen molar-refractivity contribution in [1.82, 2.24) is 0 Å². The van der Waals surface area contributed by atoms with Gasteiger partial charge in [0.25, 0.3) is 0 Å². The molecule has 0 amide bonds. The van der Waals surface area contributed by atoms with E-state index < -0.39 is 0 Å². The van der Waals surface area contributed by atoms with Crippen molar-refractivity contribution in [3.8, 4) is 11.1 Å². The first-order valence-electron chi connectivity index (χ1n) is 13.7. The Morgan fingerprint density at radius 3 is 2.32 bits per heavy atom. The number of thiophene rings is 1. The monoisotopic (exact) mass is 508 g/mol. The fourth-order valence-electron chi connectivity index (χ4n) is 6.88. The van der Waals surface area contributed by atoms with Crippen LogP contribution in [0.2, 0.25) is 0 Å². The van der Waals surface area contributed by atoms with Crippen LogP contribution in [0.15, 0.2) is 125 Å². The number of fused-ring (bicyclic) bond motifs is 3. The maximum atomic E-state index is 4.55. The maximum Gasteiger partial charge on any atom is 0.0433 e. The van der Waals surface area contributed by atoms with E-state index in [0.29, 0.717) is 11.8 Å². The first-order valence-corrected chi connectivity index (χ1v) is 14.5. The Balaban J connectivity index is 1.50. The lowest BCUT2D eigenvalue weighted by Crippen LogP contribution is -2.14. The molecule has 2 unspecified atom stereocenters. The van der Waals surface area contributed by atoms with Crippen LogP contribution in [-0.2, 0) is 0 Å². The average Bonchev–Trinajstić information content (AvgIpc) is 3.58. The molecule has 1 heterocycles. The third-order valence-electron chi connectivity index (χ3n) is 8.63. The summed E-state index contributed by atoms with van der Waals surface area (Å²) < 4.78 is 1.37. The molecule has 0 saturated heterocycles. The number of allylic oxidation sites excluding steroid dienone is 8. The lowest BCUT2D eigenvalue weighted by Gasteiger charge is -2.29. The summed E-state index contributed by atoms with van der Waals surface area (Å²) in [5.74, 6) is 1.28. The van der Waals surface area contributed by atoms with Crippen molar-refractivity contribution in [1.29, 1.82) is 0 Å². The van der Waals surface area contributed by atoms with E-state index in [1.165, 1.54) is 65.1 Å². The third kappa shape index (κ3) is 3.49. The highest BCUT2D eigenvalue weighted by Crippen LogP contribution is 2.58. The third-order valence-corrected chi connectivity index (χ3v) is 9.82. The van der Waals surface area contributed by atoms with Crippen LogP contribution >= 0.6 is 11.3 Å². The van der Waals surface area contributed by atoms with Crippen LogP contribution in [0.25, 0.3) is 32.9 Å². The van der Waals surface area contributed by atoms with Crippen molar-refractivity contribution in [2.45, 2.75) is 33.1 Å². The van der Waals surface area contributed by atoms with E-state index in [1.807, 2.05) is 11.3 Å². The molecule has 186 valence electrons. The zero-order valence-electron chi connectivity index (χ0n) is 22.3. The molecule has 1 aromatic heterocycles. The van der Waals surface area contributed by atoms with Crippen molar-refractivity contribution in [2.75, 3.05) is 0 Å². The van der Waals surface area contributed by atoms with E-state index in [0.717, 1.165) is 6.42 Å². The zero-order valence-corrected chi connectivity index (χ0v) is 23.1. The minimum atomic E-state index is 0.216. The van der Waals surface area contributed by atoms with Crippen LogP contribution in [-0.4, -0.2) is 0 Å². The Bertz CT molecular complexity index is 1720. The van der Waals surface area contributed by atoms with Gasteiger partial charge in [0, 0.05) is 26.4 Å². The summed E-state index contributed by atoms with van der Waals surface area (Å²) in [6.07, 6.45) is 8.19. The Morgan fingerprint density at radius 1 is 0.842 bits per heavy atom. The molecule has 3 aliphatic carbocycles. The number of rotatable bonds is 3. The summed E-state index contributed by atoms with van der Waals surface area (Å²) in [5.41, 5.74) is 14.0. The fraction of sp³-hybridized carbons (Fsp3) is 0.189. The molecule has 0 radical (unpaired) electrons. The molecule has 38 heavy (non-hydrogen) atoms. The number of benzene rings is 3. The highest BCUT2D eigenvalue weighted by atomic mass is 32.1. The van der Waals surface area contributed by atoms with E-state index in [-0.39, 0.29) is 5.92 Å². The minimum absolute atomic E-state index is 0.216. The van der Waals surface area contributed by atoms with Gasteiger partial charge in [0.05, 0.1) is 0 Å². The molecule has 1 heteroatoms. The Hall–Kier alpha value is -3.68. The van der Waals surface area contributed by atoms with Gasteiger partial charge in [-0.3, -0.25) is 0 Å². The lowest BCUT2D eigenvalue weighted by molar-refractivity contribution is 0.462. The van der Waals surface area contributed by atoms with Crippen molar-refractivity contribution < 1.29 is 0 Å². The molecule has 3 aliphatic rings. The van der Waals surface area contributed by atoms with Crippen LogP contribution in [0, 0.1) is 11.8 Å². The summed E-state index contributed by atoms with van der Waals surface area (Å²) in [5, 5.41) is 1.40.